The molecule has 0 saturated carbocycles. The van der Waals surface area contributed by atoms with Gasteiger partial charge in [0.25, 0.3) is 0 Å². The third-order valence-corrected chi connectivity index (χ3v) is 1.83. The molecule has 0 aromatic heterocycles. The molecule has 14 heavy (non-hydrogen) atoms. The molecule has 1 rings (SSSR count). The number of rotatable bonds is 5. The standard InChI is InChI=1S/C11H14O3/c1-9(13)10-5-2-3-6-11(10)14-8-4-7-12/h2-3,5-6,12H,4,7-8H2,1H3. The van der Waals surface area contributed by atoms with E-state index in [4.69, 9.17) is 9.84 Å². The molecule has 0 aliphatic heterocycles. The molecule has 0 aliphatic rings. The maximum Gasteiger partial charge on any atom is 0.163 e. The van der Waals surface area contributed by atoms with Crippen molar-refractivity contribution < 1.29 is 14.6 Å². The summed E-state index contributed by atoms with van der Waals surface area (Å²) < 4.78 is 5.36. The zero-order valence-corrected chi connectivity index (χ0v) is 8.19. The van der Waals surface area contributed by atoms with Gasteiger partial charge in [-0.25, -0.2) is 0 Å². The minimum atomic E-state index is -0.00963. The van der Waals surface area contributed by atoms with E-state index >= 15 is 0 Å². The third kappa shape index (κ3) is 2.85. The fourth-order valence-electron chi connectivity index (χ4n) is 1.13. The topological polar surface area (TPSA) is 46.5 Å². The number of carbonyl (C=O) groups excluding carboxylic acids is 1. The van der Waals surface area contributed by atoms with Crippen LogP contribution in [0.25, 0.3) is 0 Å². The average molecular weight is 194 g/mol. The largest absolute Gasteiger partial charge is 0.493 e. The van der Waals surface area contributed by atoms with Gasteiger partial charge >= 0.3 is 0 Å². The molecule has 0 spiro atoms. The highest BCUT2D eigenvalue weighted by atomic mass is 16.5. The number of hydrogen-bond acceptors (Lipinski definition) is 3. The van der Waals surface area contributed by atoms with Crippen LogP contribution in [0.15, 0.2) is 24.3 Å². The molecule has 0 fully saturated rings. The zero-order valence-electron chi connectivity index (χ0n) is 8.19. The Morgan fingerprint density at radius 2 is 2.14 bits per heavy atom. The van der Waals surface area contributed by atoms with E-state index in [1.165, 1.54) is 6.92 Å². The molecule has 1 N–H and O–H groups in total. The molecule has 1 aromatic carbocycles. The van der Waals surface area contributed by atoms with Crippen LogP contribution in [0.4, 0.5) is 0 Å². The molecule has 0 bridgehead atoms. The van der Waals surface area contributed by atoms with Crippen LogP contribution in [0.2, 0.25) is 0 Å². The van der Waals surface area contributed by atoms with Crippen molar-refractivity contribution in [2.45, 2.75) is 13.3 Å². The monoisotopic (exact) mass is 194 g/mol. The van der Waals surface area contributed by atoms with Crippen molar-refractivity contribution in [3.63, 3.8) is 0 Å². The quantitative estimate of drug-likeness (QED) is 0.572. The third-order valence-electron chi connectivity index (χ3n) is 1.83. The predicted molar refractivity (Wildman–Crippen MR) is 53.6 cm³/mol. The molecule has 0 atom stereocenters. The molecule has 0 heterocycles. The van der Waals surface area contributed by atoms with Gasteiger partial charge in [-0.15, -0.1) is 0 Å². The van der Waals surface area contributed by atoms with Crippen LogP contribution in [0.3, 0.4) is 0 Å². The summed E-state index contributed by atoms with van der Waals surface area (Å²) in [4.78, 5) is 11.2. The van der Waals surface area contributed by atoms with E-state index in [0.717, 1.165) is 0 Å². The van der Waals surface area contributed by atoms with Crippen molar-refractivity contribution in [1.29, 1.82) is 0 Å². The molecule has 0 amide bonds. The molecular formula is C11H14O3. The van der Waals surface area contributed by atoms with Crippen LogP contribution in [0.5, 0.6) is 5.75 Å². The molecule has 0 aliphatic carbocycles. The normalized spacial score (nSPS) is 9.86. The Labute approximate surface area is 83.3 Å². The zero-order chi connectivity index (χ0) is 10.4. The summed E-state index contributed by atoms with van der Waals surface area (Å²) in [6, 6.07) is 7.11. The number of ether oxygens (including phenoxy) is 1. The van der Waals surface area contributed by atoms with Gasteiger partial charge < -0.3 is 9.84 Å². The van der Waals surface area contributed by atoms with Crippen molar-refractivity contribution in [1.82, 2.24) is 0 Å². The first kappa shape index (κ1) is 10.7. The van der Waals surface area contributed by atoms with E-state index in [-0.39, 0.29) is 12.4 Å². The van der Waals surface area contributed by atoms with Gasteiger partial charge in [-0.05, 0) is 19.1 Å². The molecule has 1 aromatic rings. The summed E-state index contributed by atoms with van der Waals surface area (Å²) in [6.45, 7) is 2.04. The summed E-state index contributed by atoms with van der Waals surface area (Å²) in [7, 11) is 0. The lowest BCUT2D eigenvalue weighted by Gasteiger charge is -2.08. The molecule has 0 unspecified atom stereocenters. The fraction of sp³-hybridized carbons (Fsp3) is 0.364. The molecule has 3 heteroatoms. The lowest BCUT2D eigenvalue weighted by molar-refractivity contribution is 0.101. The van der Waals surface area contributed by atoms with Crippen molar-refractivity contribution in [3.05, 3.63) is 29.8 Å². The minimum absolute atomic E-state index is 0.00963. The summed E-state index contributed by atoms with van der Waals surface area (Å²) in [5, 5.41) is 8.58. The smallest absolute Gasteiger partial charge is 0.163 e. The Morgan fingerprint density at radius 3 is 2.79 bits per heavy atom. The van der Waals surface area contributed by atoms with E-state index in [2.05, 4.69) is 0 Å². The van der Waals surface area contributed by atoms with Gasteiger partial charge in [0.05, 0.1) is 12.2 Å². The maximum atomic E-state index is 11.2. The van der Waals surface area contributed by atoms with Crippen LogP contribution in [0.1, 0.15) is 23.7 Å². The first-order chi connectivity index (χ1) is 6.75. The van der Waals surface area contributed by atoms with Crippen molar-refractivity contribution in [2.75, 3.05) is 13.2 Å². The van der Waals surface area contributed by atoms with Gasteiger partial charge in [0.15, 0.2) is 5.78 Å². The van der Waals surface area contributed by atoms with Crippen LogP contribution < -0.4 is 4.74 Å². The molecule has 76 valence electrons. The fourth-order valence-corrected chi connectivity index (χ4v) is 1.13. The van der Waals surface area contributed by atoms with E-state index < -0.39 is 0 Å². The van der Waals surface area contributed by atoms with Gasteiger partial charge in [0, 0.05) is 13.0 Å². The summed E-state index contributed by atoms with van der Waals surface area (Å²) >= 11 is 0. The molecule has 3 nitrogen and oxygen atoms in total. The Kier molecular flexibility index (Phi) is 4.13. The summed E-state index contributed by atoms with van der Waals surface area (Å²) in [5.74, 6) is 0.582. The van der Waals surface area contributed by atoms with Gasteiger partial charge in [-0.3, -0.25) is 4.79 Å². The number of aliphatic hydroxyl groups excluding tert-OH is 1. The van der Waals surface area contributed by atoms with Gasteiger partial charge in [0.1, 0.15) is 5.75 Å². The van der Waals surface area contributed by atoms with Crippen LogP contribution in [-0.2, 0) is 0 Å². The van der Waals surface area contributed by atoms with Crippen LogP contribution in [-0.4, -0.2) is 24.1 Å². The predicted octanol–water partition coefficient (Wildman–Crippen LogP) is 1.65. The highest BCUT2D eigenvalue weighted by Gasteiger charge is 2.06. The second-order valence-corrected chi connectivity index (χ2v) is 2.98. The van der Waals surface area contributed by atoms with Crippen molar-refractivity contribution in [3.8, 4) is 5.75 Å². The lowest BCUT2D eigenvalue weighted by atomic mass is 10.1. The first-order valence-corrected chi connectivity index (χ1v) is 4.59. The molecule has 0 saturated heterocycles. The first-order valence-electron chi connectivity index (χ1n) is 4.59. The maximum absolute atomic E-state index is 11.2. The Morgan fingerprint density at radius 1 is 1.43 bits per heavy atom. The highest BCUT2D eigenvalue weighted by Crippen LogP contribution is 2.18. The summed E-state index contributed by atoms with van der Waals surface area (Å²) in [6.07, 6.45) is 0.576. The lowest BCUT2D eigenvalue weighted by Crippen LogP contribution is -2.03. The molecular weight excluding hydrogens is 180 g/mol. The van der Waals surface area contributed by atoms with Crippen molar-refractivity contribution >= 4 is 5.78 Å². The Balaban J connectivity index is 2.69. The number of aliphatic hydroxyl groups is 1. The van der Waals surface area contributed by atoms with E-state index in [1.54, 1.807) is 18.2 Å². The van der Waals surface area contributed by atoms with E-state index in [9.17, 15) is 4.79 Å². The average Bonchev–Trinajstić information content (AvgIpc) is 2.19. The van der Waals surface area contributed by atoms with Crippen LogP contribution in [0, 0.1) is 0 Å². The van der Waals surface area contributed by atoms with Crippen molar-refractivity contribution in [2.24, 2.45) is 0 Å². The number of carbonyl (C=O) groups is 1. The SMILES string of the molecule is CC(=O)c1ccccc1OCCCO. The Bertz CT molecular complexity index is 307. The molecule has 0 radical (unpaired) electrons. The number of hydrogen-bond donors (Lipinski definition) is 1. The van der Waals surface area contributed by atoms with Gasteiger partial charge in [-0.1, -0.05) is 12.1 Å². The second kappa shape index (κ2) is 5.40. The highest BCUT2D eigenvalue weighted by molar-refractivity contribution is 5.96. The number of benzene rings is 1. The second-order valence-electron chi connectivity index (χ2n) is 2.98. The summed E-state index contributed by atoms with van der Waals surface area (Å²) in [5.41, 5.74) is 0.588. The van der Waals surface area contributed by atoms with Crippen LogP contribution >= 0.6 is 0 Å². The van der Waals surface area contributed by atoms with E-state index in [0.29, 0.717) is 24.3 Å². The number of para-hydroxylation sites is 1. The van der Waals surface area contributed by atoms with E-state index in [1.807, 2.05) is 6.07 Å². The van der Waals surface area contributed by atoms with Gasteiger partial charge in [-0.2, -0.15) is 0 Å². The number of Topliss-reactive ketones (excluding diaryl/α,β-unsaturated/α-hetero) is 1. The number of ketones is 1. The minimum Gasteiger partial charge on any atom is -0.493 e. The Hall–Kier alpha value is -1.35. The van der Waals surface area contributed by atoms with Gasteiger partial charge in [0.2, 0.25) is 0 Å².